The van der Waals surface area contributed by atoms with E-state index < -0.39 is 12.5 Å². The molecule has 1 rings (SSSR count). The third-order valence-electron chi connectivity index (χ3n) is 2.29. The highest BCUT2D eigenvalue weighted by Crippen LogP contribution is 2.16. The van der Waals surface area contributed by atoms with Crippen LogP contribution in [-0.2, 0) is 0 Å². The number of alkyl halides is 2. The first-order chi connectivity index (χ1) is 7.50. The fourth-order valence-electron chi connectivity index (χ4n) is 1.26. The Labute approximate surface area is 102 Å². The van der Waals surface area contributed by atoms with Gasteiger partial charge < -0.3 is 10.4 Å². The van der Waals surface area contributed by atoms with E-state index in [0.29, 0.717) is 0 Å². The maximum Gasteiger partial charge on any atom is 0.265 e. The molecule has 0 spiro atoms. The number of hydrogen-bond acceptors (Lipinski definition) is 2. The van der Waals surface area contributed by atoms with Crippen molar-refractivity contribution < 1.29 is 13.9 Å². The number of aliphatic hydroxyl groups excluding tert-OH is 1. The molecular weight excluding hydrogens is 280 g/mol. The van der Waals surface area contributed by atoms with Crippen LogP contribution in [0.1, 0.15) is 18.5 Å². The molecule has 0 aliphatic carbocycles. The lowest BCUT2D eigenvalue weighted by molar-refractivity contribution is -0.00439. The number of nitrogens with one attached hydrogen (secondary N) is 1. The van der Waals surface area contributed by atoms with E-state index in [1.807, 2.05) is 31.2 Å². The summed E-state index contributed by atoms with van der Waals surface area (Å²) in [6.07, 6.45) is -4.32. The predicted octanol–water partition coefficient (Wildman–Crippen LogP) is 2.73. The number of halogens is 3. The first-order valence-corrected chi connectivity index (χ1v) is 5.75. The molecule has 5 heteroatoms. The van der Waals surface area contributed by atoms with Gasteiger partial charge in [-0.3, -0.25) is 0 Å². The third kappa shape index (κ3) is 4.15. The molecule has 0 aliphatic heterocycles. The first-order valence-electron chi connectivity index (χ1n) is 4.95. The summed E-state index contributed by atoms with van der Waals surface area (Å²) in [7, 11) is 0. The summed E-state index contributed by atoms with van der Waals surface area (Å²) in [5.41, 5.74) is 0.990. The van der Waals surface area contributed by atoms with Crippen LogP contribution in [0, 0.1) is 0 Å². The zero-order chi connectivity index (χ0) is 12.1. The van der Waals surface area contributed by atoms with Gasteiger partial charge in [0, 0.05) is 17.1 Å². The molecule has 2 nitrogen and oxygen atoms in total. The van der Waals surface area contributed by atoms with Crippen molar-refractivity contribution >= 4 is 15.9 Å². The quantitative estimate of drug-likeness (QED) is 0.875. The molecule has 0 fully saturated rings. The molecule has 2 atom stereocenters. The average molecular weight is 294 g/mol. The van der Waals surface area contributed by atoms with Crippen LogP contribution in [0.25, 0.3) is 0 Å². The molecule has 2 N–H and O–H groups in total. The maximum atomic E-state index is 12.0. The van der Waals surface area contributed by atoms with Gasteiger partial charge in [0.2, 0.25) is 0 Å². The number of hydrogen-bond donors (Lipinski definition) is 2. The van der Waals surface area contributed by atoms with E-state index in [1.165, 1.54) is 0 Å². The van der Waals surface area contributed by atoms with Crippen LogP contribution in [-0.4, -0.2) is 24.2 Å². The highest BCUT2D eigenvalue weighted by molar-refractivity contribution is 9.10. The second-order valence-electron chi connectivity index (χ2n) is 3.58. The molecule has 2 unspecified atom stereocenters. The Morgan fingerprint density at radius 1 is 1.31 bits per heavy atom. The number of aliphatic hydroxyl groups is 1. The van der Waals surface area contributed by atoms with Gasteiger partial charge in [0.15, 0.2) is 0 Å². The molecule has 0 aromatic heterocycles. The van der Waals surface area contributed by atoms with Gasteiger partial charge in [-0.05, 0) is 24.6 Å². The van der Waals surface area contributed by atoms with Crippen LogP contribution in [0.2, 0.25) is 0 Å². The summed E-state index contributed by atoms with van der Waals surface area (Å²) < 4.78 is 25.0. The van der Waals surface area contributed by atoms with Crippen molar-refractivity contribution in [1.29, 1.82) is 0 Å². The van der Waals surface area contributed by atoms with Gasteiger partial charge in [-0.2, -0.15) is 0 Å². The van der Waals surface area contributed by atoms with Crippen molar-refractivity contribution in [3.63, 3.8) is 0 Å². The fraction of sp³-hybridized carbons (Fsp3) is 0.455. The van der Waals surface area contributed by atoms with E-state index in [-0.39, 0.29) is 12.6 Å². The van der Waals surface area contributed by atoms with E-state index >= 15 is 0 Å². The highest BCUT2D eigenvalue weighted by Gasteiger charge is 2.17. The predicted molar refractivity (Wildman–Crippen MR) is 62.6 cm³/mol. The first kappa shape index (κ1) is 13.5. The normalized spacial score (nSPS) is 15.1. The summed E-state index contributed by atoms with van der Waals surface area (Å²) in [6, 6.07) is 7.50. The van der Waals surface area contributed by atoms with Gasteiger partial charge in [-0.1, -0.05) is 28.1 Å². The van der Waals surface area contributed by atoms with E-state index in [1.54, 1.807) is 0 Å². The molecule has 16 heavy (non-hydrogen) atoms. The summed E-state index contributed by atoms with van der Waals surface area (Å²) in [4.78, 5) is 0. The average Bonchev–Trinajstić information content (AvgIpc) is 2.26. The minimum absolute atomic E-state index is 0.0681. The molecule has 0 bridgehead atoms. The van der Waals surface area contributed by atoms with Gasteiger partial charge >= 0.3 is 0 Å². The van der Waals surface area contributed by atoms with Gasteiger partial charge in [0.05, 0.1) is 0 Å². The Kier molecular flexibility index (Phi) is 5.31. The lowest BCUT2D eigenvalue weighted by Gasteiger charge is -2.17. The number of rotatable bonds is 5. The van der Waals surface area contributed by atoms with Gasteiger partial charge in [0.1, 0.15) is 6.10 Å². The highest BCUT2D eigenvalue weighted by atomic mass is 79.9. The monoisotopic (exact) mass is 293 g/mol. The minimum atomic E-state index is -2.70. The van der Waals surface area contributed by atoms with E-state index in [0.717, 1.165) is 10.0 Å². The number of benzene rings is 1. The van der Waals surface area contributed by atoms with Gasteiger partial charge in [-0.25, -0.2) is 8.78 Å². The minimum Gasteiger partial charge on any atom is -0.386 e. The summed E-state index contributed by atoms with van der Waals surface area (Å²) in [5, 5.41) is 11.8. The Hall–Kier alpha value is -0.520. The molecule has 0 aliphatic rings. The van der Waals surface area contributed by atoms with Crippen molar-refractivity contribution in [2.24, 2.45) is 0 Å². The summed E-state index contributed by atoms with van der Waals surface area (Å²) in [6.45, 7) is 1.75. The molecular formula is C11H14BrF2NO. The van der Waals surface area contributed by atoms with Gasteiger partial charge in [0.25, 0.3) is 6.43 Å². The maximum absolute atomic E-state index is 12.0. The van der Waals surface area contributed by atoms with Crippen molar-refractivity contribution in [3.8, 4) is 0 Å². The molecule has 1 aromatic rings. The lowest BCUT2D eigenvalue weighted by Crippen LogP contribution is -2.33. The molecule has 0 amide bonds. The summed E-state index contributed by atoms with van der Waals surface area (Å²) >= 11 is 3.32. The van der Waals surface area contributed by atoms with Crippen LogP contribution in [0.4, 0.5) is 8.78 Å². The van der Waals surface area contributed by atoms with Crippen LogP contribution < -0.4 is 5.32 Å². The van der Waals surface area contributed by atoms with Crippen LogP contribution >= 0.6 is 15.9 Å². The topological polar surface area (TPSA) is 32.3 Å². The Balaban J connectivity index is 2.46. The van der Waals surface area contributed by atoms with Crippen molar-refractivity contribution in [3.05, 3.63) is 34.3 Å². The second kappa shape index (κ2) is 6.27. The van der Waals surface area contributed by atoms with Crippen LogP contribution in [0.5, 0.6) is 0 Å². The van der Waals surface area contributed by atoms with E-state index in [9.17, 15) is 8.78 Å². The van der Waals surface area contributed by atoms with E-state index in [2.05, 4.69) is 21.2 Å². The van der Waals surface area contributed by atoms with Crippen molar-refractivity contribution in [1.82, 2.24) is 5.32 Å². The Morgan fingerprint density at radius 2 is 1.88 bits per heavy atom. The second-order valence-corrected chi connectivity index (χ2v) is 4.50. The third-order valence-corrected chi connectivity index (χ3v) is 2.82. The molecule has 0 radical (unpaired) electrons. The Morgan fingerprint density at radius 3 is 2.38 bits per heavy atom. The molecule has 0 saturated heterocycles. The van der Waals surface area contributed by atoms with E-state index in [4.69, 9.17) is 5.11 Å². The van der Waals surface area contributed by atoms with Gasteiger partial charge in [-0.15, -0.1) is 0 Å². The molecule has 0 saturated carbocycles. The summed E-state index contributed by atoms with van der Waals surface area (Å²) in [5.74, 6) is 0. The van der Waals surface area contributed by atoms with Crippen molar-refractivity contribution in [2.45, 2.75) is 25.5 Å². The zero-order valence-electron chi connectivity index (χ0n) is 8.83. The zero-order valence-corrected chi connectivity index (χ0v) is 10.4. The molecule has 90 valence electrons. The fourth-order valence-corrected chi connectivity index (χ4v) is 1.52. The largest absolute Gasteiger partial charge is 0.386 e. The Bertz CT molecular complexity index is 318. The standard InChI is InChI=1S/C11H14BrF2NO/c1-7(15-6-10(16)11(13)14)8-2-4-9(12)5-3-8/h2-5,7,10-11,15-16H,6H2,1H3. The van der Waals surface area contributed by atoms with Crippen LogP contribution in [0.15, 0.2) is 28.7 Å². The van der Waals surface area contributed by atoms with Crippen LogP contribution in [0.3, 0.4) is 0 Å². The SMILES string of the molecule is CC(NCC(O)C(F)F)c1ccc(Br)cc1. The van der Waals surface area contributed by atoms with Crippen molar-refractivity contribution in [2.75, 3.05) is 6.54 Å². The lowest BCUT2D eigenvalue weighted by atomic mass is 10.1. The smallest absolute Gasteiger partial charge is 0.265 e. The molecule has 0 heterocycles. The molecule has 1 aromatic carbocycles.